The van der Waals surface area contributed by atoms with E-state index in [0.29, 0.717) is 6.42 Å². The molecular weight excluding hydrogens is 184 g/mol. The van der Waals surface area contributed by atoms with Gasteiger partial charge in [0.25, 0.3) is 0 Å². The Balaban J connectivity index is 2.79. The first-order chi connectivity index (χ1) is 6.89. The molecule has 0 fully saturated rings. The predicted octanol–water partition coefficient (Wildman–Crippen LogP) is 3.51. The van der Waals surface area contributed by atoms with Crippen molar-refractivity contribution in [2.45, 2.75) is 46.0 Å². The predicted molar refractivity (Wildman–Crippen MR) is 64.1 cm³/mol. The monoisotopic (exact) mass is 204 g/mol. The first-order valence-electron chi connectivity index (χ1n) is 5.48. The van der Waals surface area contributed by atoms with Crippen LogP contribution in [0.15, 0.2) is 24.3 Å². The van der Waals surface area contributed by atoms with E-state index in [9.17, 15) is 4.79 Å². The van der Waals surface area contributed by atoms with Crippen LogP contribution in [0.1, 0.15) is 45.2 Å². The molecule has 0 unspecified atom stereocenters. The minimum absolute atomic E-state index is 0.187. The zero-order valence-electron chi connectivity index (χ0n) is 10.1. The lowest BCUT2D eigenvalue weighted by Gasteiger charge is -2.19. The molecular formula is C14H20O. The molecule has 0 aromatic heterocycles. The van der Waals surface area contributed by atoms with Gasteiger partial charge in [0.05, 0.1) is 0 Å². The van der Waals surface area contributed by atoms with Crippen molar-refractivity contribution < 1.29 is 4.79 Å². The summed E-state index contributed by atoms with van der Waals surface area (Å²) < 4.78 is 0. The average Bonchev–Trinajstić information content (AvgIpc) is 2.14. The lowest BCUT2D eigenvalue weighted by atomic mass is 9.86. The van der Waals surface area contributed by atoms with Crippen LogP contribution in [0, 0.1) is 0 Å². The Morgan fingerprint density at radius 1 is 1.27 bits per heavy atom. The second-order valence-corrected chi connectivity index (χ2v) is 5.15. The van der Waals surface area contributed by atoms with E-state index >= 15 is 0 Å². The number of ketones is 1. The van der Waals surface area contributed by atoms with Crippen molar-refractivity contribution in [3.05, 3.63) is 35.4 Å². The number of hydrogen-bond donors (Lipinski definition) is 0. The molecule has 1 rings (SSSR count). The standard InChI is InChI=1S/C14H20O/c1-11(15)8-9-12-6-5-7-13(10-12)14(2,3)4/h5-7,10H,8-9H2,1-4H3. The number of benzene rings is 1. The van der Waals surface area contributed by atoms with E-state index < -0.39 is 0 Å². The number of carbonyl (C=O) groups is 1. The molecule has 0 amide bonds. The van der Waals surface area contributed by atoms with Crippen LogP contribution in [0.2, 0.25) is 0 Å². The van der Waals surface area contributed by atoms with E-state index in [1.54, 1.807) is 6.92 Å². The Morgan fingerprint density at radius 2 is 1.93 bits per heavy atom. The molecule has 15 heavy (non-hydrogen) atoms. The highest BCUT2D eigenvalue weighted by atomic mass is 16.1. The van der Waals surface area contributed by atoms with E-state index in [0.717, 1.165) is 6.42 Å². The van der Waals surface area contributed by atoms with E-state index in [-0.39, 0.29) is 11.2 Å². The van der Waals surface area contributed by atoms with Gasteiger partial charge >= 0.3 is 0 Å². The van der Waals surface area contributed by atoms with Gasteiger partial charge < -0.3 is 4.79 Å². The molecule has 0 saturated carbocycles. The summed E-state index contributed by atoms with van der Waals surface area (Å²) in [5.74, 6) is 0.260. The van der Waals surface area contributed by atoms with Crippen LogP contribution in [0.4, 0.5) is 0 Å². The molecule has 0 aliphatic carbocycles. The Bertz CT molecular complexity index is 345. The van der Waals surface area contributed by atoms with Gasteiger partial charge in [0.1, 0.15) is 5.78 Å². The van der Waals surface area contributed by atoms with Crippen molar-refractivity contribution in [1.29, 1.82) is 0 Å². The maximum Gasteiger partial charge on any atom is 0.130 e. The maximum absolute atomic E-state index is 10.9. The minimum Gasteiger partial charge on any atom is -0.300 e. The third kappa shape index (κ3) is 3.86. The van der Waals surface area contributed by atoms with Gasteiger partial charge in [-0.05, 0) is 29.9 Å². The number of carbonyl (C=O) groups excluding carboxylic acids is 1. The summed E-state index contributed by atoms with van der Waals surface area (Å²) in [6, 6.07) is 8.54. The van der Waals surface area contributed by atoms with E-state index in [1.165, 1.54) is 11.1 Å². The molecule has 0 atom stereocenters. The summed E-state index contributed by atoms with van der Waals surface area (Å²) in [5, 5.41) is 0. The second kappa shape index (κ2) is 4.61. The van der Waals surface area contributed by atoms with Crippen molar-refractivity contribution in [3.63, 3.8) is 0 Å². The highest BCUT2D eigenvalue weighted by molar-refractivity contribution is 5.75. The van der Waals surface area contributed by atoms with Gasteiger partial charge in [0.2, 0.25) is 0 Å². The molecule has 0 aliphatic rings. The van der Waals surface area contributed by atoms with Crippen LogP contribution in [-0.2, 0) is 16.6 Å². The summed E-state index contributed by atoms with van der Waals surface area (Å²) in [4.78, 5) is 10.9. The molecule has 0 heterocycles. The fourth-order valence-corrected chi connectivity index (χ4v) is 1.51. The van der Waals surface area contributed by atoms with Crippen molar-refractivity contribution >= 4 is 5.78 Å². The SMILES string of the molecule is CC(=O)CCc1cccc(C(C)(C)C)c1. The summed E-state index contributed by atoms with van der Waals surface area (Å²) in [6.45, 7) is 8.26. The maximum atomic E-state index is 10.9. The zero-order chi connectivity index (χ0) is 11.5. The molecule has 1 aromatic rings. The molecule has 0 spiro atoms. The van der Waals surface area contributed by atoms with Crippen molar-refractivity contribution in [2.24, 2.45) is 0 Å². The number of hydrogen-bond acceptors (Lipinski definition) is 1. The Labute approximate surface area is 92.5 Å². The third-order valence-electron chi connectivity index (χ3n) is 2.56. The van der Waals surface area contributed by atoms with Crippen molar-refractivity contribution in [3.8, 4) is 0 Å². The van der Waals surface area contributed by atoms with Crippen LogP contribution >= 0.6 is 0 Å². The molecule has 1 aromatic carbocycles. The van der Waals surface area contributed by atoms with Crippen molar-refractivity contribution in [2.75, 3.05) is 0 Å². The molecule has 0 aliphatic heterocycles. The summed E-state index contributed by atoms with van der Waals surface area (Å²) in [7, 11) is 0. The van der Waals surface area contributed by atoms with Gasteiger partial charge in [0, 0.05) is 6.42 Å². The highest BCUT2D eigenvalue weighted by Gasteiger charge is 2.13. The quantitative estimate of drug-likeness (QED) is 0.736. The van der Waals surface area contributed by atoms with Crippen LogP contribution < -0.4 is 0 Å². The summed E-state index contributed by atoms with van der Waals surface area (Å²) in [5.41, 5.74) is 2.79. The molecule has 0 radical (unpaired) electrons. The molecule has 0 bridgehead atoms. The molecule has 0 saturated heterocycles. The number of aryl methyl sites for hydroxylation is 1. The largest absolute Gasteiger partial charge is 0.300 e. The van der Waals surface area contributed by atoms with Gasteiger partial charge in [-0.25, -0.2) is 0 Å². The topological polar surface area (TPSA) is 17.1 Å². The van der Waals surface area contributed by atoms with Gasteiger partial charge in [0.15, 0.2) is 0 Å². The van der Waals surface area contributed by atoms with Crippen LogP contribution in [-0.4, -0.2) is 5.78 Å². The van der Waals surface area contributed by atoms with Gasteiger partial charge in [-0.2, -0.15) is 0 Å². The summed E-state index contributed by atoms with van der Waals surface area (Å²) >= 11 is 0. The average molecular weight is 204 g/mol. The van der Waals surface area contributed by atoms with Gasteiger partial charge in [-0.1, -0.05) is 45.0 Å². The fraction of sp³-hybridized carbons (Fsp3) is 0.500. The zero-order valence-corrected chi connectivity index (χ0v) is 10.1. The van der Waals surface area contributed by atoms with Crippen LogP contribution in [0.5, 0.6) is 0 Å². The smallest absolute Gasteiger partial charge is 0.130 e. The van der Waals surface area contributed by atoms with Gasteiger partial charge in [-0.3, -0.25) is 0 Å². The first-order valence-corrected chi connectivity index (χ1v) is 5.48. The number of rotatable bonds is 3. The third-order valence-corrected chi connectivity index (χ3v) is 2.56. The molecule has 82 valence electrons. The normalized spacial score (nSPS) is 11.5. The Hall–Kier alpha value is -1.11. The van der Waals surface area contributed by atoms with E-state index in [2.05, 4.69) is 45.0 Å². The first kappa shape index (κ1) is 12.0. The van der Waals surface area contributed by atoms with E-state index in [1.807, 2.05) is 0 Å². The highest BCUT2D eigenvalue weighted by Crippen LogP contribution is 2.23. The lowest BCUT2D eigenvalue weighted by Crippen LogP contribution is -2.11. The molecule has 0 N–H and O–H groups in total. The Morgan fingerprint density at radius 3 is 2.47 bits per heavy atom. The van der Waals surface area contributed by atoms with E-state index in [4.69, 9.17) is 0 Å². The van der Waals surface area contributed by atoms with Crippen molar-refractivity contribution in [1.82, 2.24) is 0 Å². The fourth-order valence-electron chi connectivity index (χ4n) is 1.51. The van der Waals surface area contributed by atoms with Crippen LogP contribution in [0.25, 0.3) is 0 Å². The summed E-state index contributed by atoms with van der Waals surface area (Å²) in [6.07, 6.45) is 1.51. The second-order valence-electron chi connectivity index (χ2n) is 5.15. The number of Topliss-reactive ketones (excluding diaryl/α,β-unsaturated/α-hetero) is 1. The lowest BCUT2D eigenvalue weighted by molar-refractivity contribution is -0.116. The molecule has 1 heteroatoms. The van der Waals surface area contributed by atoms with Crippen LogP contribution in [0.3, 0.4) is 0 Å². The molecule has 1 nitrogen and oxygen atoms in total. The Kier molecular flexibility index (Phi) is 3.67. The minimum atomic E-state index is 0.187. The van der Waals surface area contributed by atoms with Gasteiger partial charge in [-0.15, -0.1) is 0 Å².